The van der Waals surface area contributed by atoms with Crippen molar-refractivity contribution in [1.82, 2.24) is 9.97 Å². The number of fused-ring (bicyclic) bond motifs is 1. The summed E-state index contributed by atoms with van der Waals surface area (Å²) in [5.41, 5.74) is 1.88. The molecule has 1 fully saturated rings. The fourth-order valence-electron chi connectivity index (χ4n) is 3.55. The minimum Gasteiger partial charge on any atom is -0.464 e. The van der Waals surface area contributed by atoms with E-state index in [0.29, 0.717) is 23.6 Å². The Morgan fingerprint density at radius 3 is 2.50 bits per heavy atom. The van der Waals surface area contributed by atoms with E-state index in [4.69, 9.17) is 9.72 Å². The van der Waals surface area contributed by atoms with Gasteiger partial charge in [0.25, 0.3) is 0 Å². The molecule has 2 aromatic rings. The third kappa shape index (κ3) is 4.78. The quantitative estimate of drug-likeness (QED) is 0.475. The average molecular weight is 380 g/mol. The SMILES string of the molecule is CCCCCCCOC(=O)[C@@H](C#N)c1nc2ccccc2nc1N1CCCC1. The number of benzene rings is 1. The summed E-state index contributed by atoms with van der Waals surface area (Å²) in [6.07, 6.45) is 7.53. The first-order valence-electron chi connectivity index (χ1n) is 10.3. The molecule has 148 valence electrons. The number of carbonyl (C=O) groups excluding carboxylic acids is 1. The molecule has 1 aromatic carbocycles. The number of para-hydroxylation sites is 2. The highest BCUT2D eigenvalue weighted by Crippen LogP contribution is 2.30. The van der Waals surface area contributed by atoms with E-state index in [1.54, 1.807) is 0 Å². The van der Waals surface area contributed by atoms with Crippen LogP contribution in [0.15, 0.2) is 24.3 Å². The Morgan fingerprint density at radius 1 is 1.14 bits per heavy atom. The zero-order chi connectivity index (χ0) is 19.8. The molecule has 1 aliphatic rings. The number of carbonyl (C=O) groups is 1. The second-order valence-electron chi connectivity index (χ2n) is 7.26. The number of ether oxygens (including phenoxy) is 1. The molecule has 0 amide bonds. The Morgan fingerprint density at radius 2 is 1.82 bits per heavy atom. The molecule has 1 aliphatic heterocycles. The summed E-state index contributed by atoms with van der Waals surface area (Å²) < 4.78 is 5.41. The van der Waals surface area contributed by atoms with Gasteiger partial charge in [0.15, 0.2) is 11.7 Å². The number of anilines is 1. The average Bonchev–Trinajstić information content (AvgIpc) is 3.25. The summed E-state index contributed by atoms with van der Waals surface area (Å²) in [5.74, 6) is -0.936. The Labute approximate surface area is 166 Å². The molecule has 0 aliphatic carbocycles. The molecule has 0 unspecified atom stereocenters. The normalized spacial score (nSPS) is 14.8. The molecule has 2 heterocycles. The maximum absolute atomic E-state index is 12.6. The number of hydrogen-bond acceptors (Lipinski definition) is 6. The Balaban J connectivity index is 1.79. The van der Waals surface area contributed by atoms with E-state index >= 15 is 0 Å². The van der Waals surface area contributed by atoms with Gasteiger partial charge in [0.2, 0.25) is 0 Å². The van der Waals surface area contributed by atoms with Crippen LogP contribution in [0.3, 0.4) is 0 Å². The molecule has 3 rings (SSSR count). The van der Waals surface area contributed by atoms with Crippen molar-refractivity contribution in [2.45, 2.75) is 57.8 Å². The molecule has 0 spiro atoms. The van der Waals surface area contributed by atoms with Crippen LogP contribution in [0.4, 0.5) is 5.82 Å². The molecule has 6 nitrogen and oxygen atoms in total. The van der Waals surface area contributed by atoms with E-state index in [0.717, 1.165) is 50.7 Å². The first-order chi connectivity index (χ1) is 13.7. The third-order valence-corrected chi connectivity index (χ3v) is 5.11. The highest BCUT2D eigenvalue weighted by molar-refractivity contribution is 5.85. The van der Waals surface area contributed by atoms with Crippen LogP contribution in [0.25, 0.3) is 11.0 Å². The van der Waals surface area contributed by atoms with Gasteiger partial charge in [-0.15, -0.1) is 0 Å². The Kier molecular flexibility index (Phi) is 7.18. The zero-order valence-electron chi connectivity index (χ0n) is 16.6. The van der Waals surface area contributed by atoms with E-state index < -0.39 is 11.9 Å². The van der Waals surface area contributed by atoms with Crippen molar-refractivity contribution in [3.05, 3.63) is 30.0 Å². The fourth-order valence-corrected chi connectivity index (χ4v) is 3.55. The van der Waals surface area contributed by atoms with E-state index in [2.05, 4.69) is 22.9 Å². The van der Waals surface area contributed by atoms with Gasteiger partial charge >= 0.3 is 5.97 Å². The van der Waals surface area contributed by atoms with Gasteiger partial charge in [-0.25, -0.2) is 9.97 Å². The van der Waals surface area contributed by atoms with Gasteiger partial charge in [0.05, 0.1) is 23.7 Å². The molecule has 28 heavy (non-hydrogen) atoms. The second-order valence-corrected chi connectivity index (χ2v) is 7.26. The number of hydrogen-bond donors (Lipinski definition) is 0. The maximum Gasteiger partial charge on any atom is 0.329 e. The van der Waals surface area contributed by atoms with Crippen LogP contribution in [-0.2, 0) is 9.53 Å². The predicted octanol–water partition coefficient (Wildman–Crippen LogP) is 4.35. The van der Waals surface area contributed by atoms with Gasteiger partial charge in [0, 0.05) is 13.1 Å². The lowest BCUT2D eigenvalue weighted by Crippen LogP contribution is -2.25. The molecular weight excluding hydrogens is 352 g/mol. The summed E-state index contributed by atoms with van der Waals surface area (Å²) in [7, 11) is 0. The first kappa shape index (κ1) is 20.1. The number of unbranched alkanes of at least 4 members (excludes halogenated alkanes) is 4. The minimum atomic E-state index is -1.05. The lowest BCUT2D eigenvalue weighted by Gasteiger charge is -2.21. The second kappa shape index (κ2) is 10.0. The van der Waals surface area contributed by atoms with E-state index in [1.807, 2.05) is 24.3 Å². The molecule has 0 saturated carbocycles. The van der Waals surface area contributed by atoms with E-state index in [1.165, 1.54) is 12.8 Å². The summed E-state index contributed by atoms with van der Waals surface area (Å²) in [6.45, 7) is 4.25. The number of nitrogens with zero attached hydrogens (tertiary/aromatic N) is 4. The van der Waals surface area contributed by atoms with Crippen LogP contribution in [-0.4, -0.2) is 35.6 Å². The molecule has 1 saturated heterocycles. The zero-order valence-corrected chi connectivity index (χ0v) is 16.6. The van der Waals surface area contributed by atoms with Crippen LogP contribution >= 0.6 is 0 Å². The lowest BCUT2D eigenvalue weighted by atomic mass is 10.1. The molecule has 6 heteroatoms. The van der Waals surface area contributed by atoms with Gasteiger partial charge in [-0.2, -0.15) is 5.26 Å². The first-order valence-corrected chi connectivity index (χ1v) is 10.3. The minimum absolute atomic E-state index is 0.348. The highest BCUT2D eigenvalue weighted by atomic mass is 16.5. The summed E-state index contributed by atoms with van der Waals surface area (Å²) >= 11 is 0. The Hall–Kier alpha value is -2.68. The van der Waals surface area contributed by atoms with E-state index in [9.17, 15) is 10.1 Å². The maximum atomic E-state index is 12.6. The van der Waals surface area contributed by atoms with Gasteiger partial charge in [0.1, 0.15) is 5.69 Å². The summed E-state index contributed by atoms with van der Waals surface area (Å²) in [6, 6.07) is 9.66. The molecule has 0 N–H and O–H groups in total. The van der Waals surface area contributed by atoms with Crippen molar-refractivity contribution < 1.29 is 9.53 Å². The van der Waals surface area contributed by atoms with Crippen molar-refractivity contribution >= 4 is 22.8 Å². The number of esters is 1. The van der Waals surface area contributed by atoms with Crippen molar-refractivity contribution in [3.63, 3.8) is 0 Å². The molecule has 1 atom stereocenters. The number of nitriles is 1. The van der Waals surface area contributed by atoms with E-state index in [-0.39, 0.29) is 0 Å². The summed E-state index contributed by atoms with van der Waals surface area (Å²) in [4.78, 5) is 24.2. The van der Waals surface area contributed by atoms with Crippen molar-refractivity contribution in [3.8, 4) is 6.07 Å². The summed E-state index contributed by atoms with van der Waals surface area (Å²) in [5, 5.41) is 9.72. The molecule has 1 aromatic heterocycles. The van der Waals surface area contributed by atoms with Crippen LogP contribution < -0.4 is 4.90 Å². The standard InChI is InChI=1S/C22H28N4O2/c1-2-3-4-5-10-15-28-22(27)17(16-23)20-21(26-13-8-9-14-26)25-19-12-7-6-11-18(19)24-20/h6-7,11-12,17H,2-5,8-10,13-15H2,1H3/t17-/m0/s1. The van der Waals surface area contributed by atoms with Gasteiger partial charge in [-0.1, -0.05) is 44.7 Å². The number of rotatable bonds is 9. The Bertz CT molecular complexity index is 840. The smallest absolute Gasteiger partial charge is 0.329 e. The predicted molar refractivity (Wildman–Crippen MR) is 109 cm³/mol. The molecular formula is C22H28N4O2. The van der Waals surface area contributed by atoms with Crippen molar-refractivity contribution in [2.24, 2.45) is 0 Å². The topological polar surface area (TPSA) is 79.1 Å². The monoisotopic (exact) mass is 380 g/mol. The highest BCUT2D eigenvalue weighted by Gasteiger charge is 2.30. The third-order valence-electron chi connectivity index (χ3n) is 5.11. The van der Waals surface area contributed by atoms with Crippen LogP contribution in [0.5, 0.6) is 0 Å². The van der Waals surface area contributed by atoms with Crippen molar-refractivity contribution in [2.75, 3.05) is 24.6 Å². The van der Waals surface area contributed by atoms with Gasteiger partial charge in [-0.05, 0) is 31.4 Å². The molecule has 0 radical (unpaired) electrons. The van der Waals surface area contributed by atoms with Crippen molar-refractivity contribution in [1.29, 1.82) is 5.26 Å². The number of aromatic nitrogens is 2. The van der Waals surface area contributed by atoms with Crippen LogP contribution in [0, 0.1) is 11.3 Å². The van der Waals surface area contributed by atoms with Gasteiger partial charge < -0.3 is 9.64 Å². The fraction of sp³-hybridized carbons (Fsp3) is 0.545. The van der Waals surface area contributed by atoms with Gasteiger partial charge in [-0.3, -0.25) is 4.79 Å². The van der Waals surface area contributed by atoms with Crippen LogP contribution in [0.1, 0.15) is 63.5 Å². The lowest BCUT2D eigenvalue weighted by molar-refractivity contribution is -0.144. The van der Waals surface area contributed by atoms with Crippen LogP contribution in [0.2, 0.25) is 0 Å². The largest absolute Gasteiger partial charge is 0.464 e. The molecule has 0 bridgehead atoms.